The summed E-state index contributed by atoms with van der Waals surface area (Å²) in [6.07, 6.45) is 1.82. The average Bonchev–Trinajstić information content (AvgIpc) is 2.46. The summed E-state index contributed by atoms with van der Waals surface area (Å²) in [5.74, 6) is -0.101. The van der Waals surface area contributed by atoms with Gasteiger partial charge in [0.25, 0.3) is 0 Å². The molecule has 1 N–H and O–H groups in total. The number of carboxylic acids is 1. The second-order valence-corrected chi connectivity index (χ2v) is 5.85. The van der Waals surface area contributed by atoms with Gasteiger partial charge in [-0.15, -0.1) is 0 Å². The first-order chi connectivity index (χ1) is 10.1. The van der Waals surface area contributed by atoms with E-state index in [0.29, 0.717) is 12.3 Å². The minimum atomic E-state index is -0.753. The highest BCUT2D eigenvalue weighted by molar-refractivity contribution is 5.70. The van der Waals surface area contributed by atoms with Crippen LogP contribution in [0.2, 0.25) is 0 Å². The van der Waals surface area contributed by atoms with Crippen molar-refractivity contribution < 1.29 is 9.90 Å². The van der Waals surface area contributed by atoms with Gasteiger partial charge in [-0.2, -0.15) is 0 Å². The molecule has 0 saturated heterocycles. The minimum absolute atomic E-state index is 0.169. The van der Waals surface area contributed by atoms with Gasteiger partial charge in [0.05, 0.1) is 0 Å². The molecule has 2 aromatic rings. The van der Waals surface area contributed by atoms with Gasteiger partial charge >= 0.3 is 5.97 Å². The zero-order valence-corrected chi connectivity index (χ0v) is 12.7. The number of carbonyl (C=O) groups is 1. The van der Waals surface area contributed by atoms with Crippen molar-refractivity contribution in [3.8, 4) is 11.1 Å². The summed E-state index contributed by atoms with van der Waals surface area (Å²) in [5, 5.41) is 8.86. The molecule has 0 saturated carbocycles. The Hall–Kier alpha value is -2.09. The van der Waals surface area contributed by atoms with Crippen molar-refractivity contribution in [3.05, 3.63) is 59.7 Å². The molecule has 0 unspecified atom stereocenters. The number of carboxylic acid groups (broad SMARTS) is 1. The van der Waals surface area contributed by atoms with E-state index in [1.165, 1.54) is 5.56 Å². The molecule has 21 heavy (non-hydrogen) atoms. The molecule has 110 valence electrons. The molecule has 0 amide bonds. The molecule has 2 heteroatoms. The molecule has 0 atom stereocenters. The van der Waals surface area contributed by atoms with Crippen LogP contribution in [0.5, 0.6) is 0 Å². The van der Waals surface area contributed by atoms with E-state index in [4.69, 9.17) is 5.11 Å². The summed E-state index contributed by atoms with van der Waals surface area (Å²) in [7, 11) is 0. The topological polar surface area (TPSA) is 37.3 Å². The van der Waals surface area contributed by atoms with Gasteiger partial charge in [0.1, 0.15) is 0 Å². The largest absolute Gasteiger partial charge is 0.481 e. The molecule has 0 aliphatic rings. The standard InChI is InChI=1S/C19H22O2/c1-14(2)13-15-7-9-17(10-8-15)18-6-4-3-5-16(18)11-12-19(20)21/h3-10,14H,11-13H2,1-2H3,(H,20,21). The number of hydrogen-bond donors (Lipinski definition) is 1. The lowest BCUT2D eigenvalue weighted by Crippen LogP contribution is -1.99. The van der Waals surface area contributed by atoms with E-state index >= 15 is 0 Å². The smallest absolute Gasteiger partial charge is 0.303 e. The van der Waals surface area contributed by atoms with E-state index < -0.39 is 5.97 Å². The van der Waals surface area contributed by atoms with E-state index in [-0.39, 0.29) is 6.42 Å². The molecular weight excluding hydrogens is 260 g/mol. The first-order valence-corrected chi connectivity index (χ1v) is 7.45. The number of hydrogen-bond acceptors (Lipinski definition) is 1. The van der Waals surface area contributed by atoms with Crippen LogP contribution in [0.3, 0.4) is 0 Å². The Morgan fingerprint density at radius 1 is 1.05 bits per heavy atom. The minimum Gasteiger partial charge on any atom is -0.481 e. The molecule has 2 aromatic carbocycles. The zero-order valence-electron chi connectivity index (χ0n) is 12.7. The third kappa shape index (κ3) is 4.45. The fourth-order valence-corrected chi connectivity index (χ4v) is 2.55. The summed E-state index contributed by atoms with van der Waals surface area (Å²) in [6, 6.07) is 16.7. The quantitative estimate of drug-likeness (QED) is 0.842. The Bertz CT molecular complexity index is 597. The third-order valence-electron chi connectivity index (χ3n) is 3.53. The van der Waals surface area contributed by atoms with Crippen molar-refractivity contribution in [2.24, 2.45) is 5.92 Å². The Labute approximate surface area is 126 Å². The lowest BCUT2D eigenvalue weighted by molar-refractivity contribution is -0.136. The molecule has 2 nitrogen and oxygen atoms in total. The summed E-state index contributed by atoms with van der Waals surface area (Å²) >= 11 is 0. The van der Waals surface area contributed by atoms with E-state index in [0.717, 1.165) is 23.1 Å². The van der Waals surface area contributed by atoms with Gasteiger partial charge in [0.15, 0.2) is 0 Å². The molecule has 0 spiro atoms. The molecule has 0 fully saturated rings. The van der Waals surface area contributed by atoms with Crippen molar-refractivity contribution in [1.29, 1.82) is 0 Å². The molecule has 0 radical (unpaired) electrons. The summed E-state index contributed by atoms with van der Waals surface area (Å²) in [4.78, 5) is 10.8. The van der Waals surface area contributed by atoms with E-state index in [1.807, 2.05) is 18.2 Å². The normalized spacial score (nSPS) is 10.8. The summed E-state index contributed by atoms with van der Waals surface area (Å²) in [5.41, 5.74) is 4.73. The summed E-state index contributed by atoms with van der Waals surface area (Å²) in [6.45, 7) is 4.43. The van der Waals surface area contributed by atoms with E-state index in [1.54, 1.807) is 0 Å². The Balaban J connectivity index is 2.23. The lowest BCUT2D eigenvalue weighted by Gasteiger charge is -2.10. The van der Waals surface area contributed by atoms with Gasteiger partial charge in [-0.05, 0) is 41.0 Å². The van der Waals surface area contributed by atoms with Crippen LogP contribution in [0, 0.1) is 5.92 Å². The molecule has 0 aromatic heterocycles. The lowest BCUT2D eigenvalue weighted by atomic mass is 9.94. The van der Waals surface area contributed by atoms with Crippen molar-refractivity contribution in [2.45, 2.75) is 33.1 Å². The van der Waals surface area contributed by atoms with E-state index in [9.17, 15) is 4.79 Å². The summed E-state index contributed by atoms with van der Waals surface area (Å²) < 4.78 is 0. The second-order valence-electron chi connectivity index (χ2n) is 5.85. The number of benzene rings is 2. The molecule has 0 aliphatic heterocycles. The molecule has 2 rings (SSSR count). The van der Waals surface area contributed by atoms with Gasteiger partial charge in [-0.25, -0.2) is 0 Å². The van der Waals surface area contributed by atoms with Gasteiger partial charge in [0.2, 0.25) is 0 Å². The van der Waals surface area contributed by atoms with Crippen LogP contribution in [0.4, 0.5) is 0 Å². The van der Waals surface area contributed by atoms with E-state index in [2.05, 4.69) is 44.2 Å². The van der Waals surface area contributed by atoms with Crippen LogP contribution < -0.4 is 0 Å². The number of rotatable bonds is 6. The Morgan fingerprint density at radius 3 is 2.33 bits per heavy atom. The highest BCUT2D eigenvalue weighted by Crippen LogP contribution is 2.25. The Morgan fingerprint density at radius 2 is 1.71 bits per heavy atom. The number of aryl methyl sites for hydroxylation is 1. The average molecular weight is 282 g/mol. The van der Waals surface area contributed by atoms with Crippen LogP contribution in [0.15, 0.2) is 48.5 Å². The maximum Gasteiger partial charge on any atom is 0.303 e. The van der Waals surface area contributed by atoms with Crippen LogP contribution in [0.1, 0.15) is 31.4 Å². The van der Waals surface area contributed by atoms with Gasteiger partial charge in [-0.1, -0.05) is 62.4 Å². The highest BCUT2D eigenvalue weighted by atomic mass is 16.4. The molecular formula is C19H22O2. The van der Waals surface area contributed by atoms with Gasteiger partial charge in [0, 0.05) is 6.42 Å². The molecule has 0 heterocycles. The molecule has 0 bridgehead atoms. The SMILES string of the molecule is CC(C)Cc1ccc(-c2ccccc2CCC(=O)O)cc1. The molecule has 0 aliphatic carbocycles. The van der Waals surface area contributed by atoms with Gasteiger partial charge < -0.3 is 5.11 Å². The van der Waals surface area contributed by atoms with Crippen molar-refractivity contribution in [2.75, 3.05) is 0 Å². The predicted octanol–water partition coefficient (Wildman–Crippen LogP) is 4.57. The highest BCUT2D eigenvalue weighted by Gasteiger charge is 2.07. The van der Waals surface area contributed by atoms with Gasteiger partial charge in [-0.3, -0.25) is 4.79 Å². The fourth-order valence-electron chi connectivity index (χ4n) is 2.55. The van der Waals surface area contributed by atoms with Crippen LogP contribution in [0.25, 0.3) is 11.1 Å². The van der Waals surface area contributed by atoms with Crippen molar-refractivity contribution in [1.82, 2.24) is 0 Å². The monoisotopic (exact) mass is 282 g/mol. The second kappa shape index (κ2) is 7.07. The predicted molar refractivity (Wildman–Crippen MR) is 86.4 cm³/mol. The maximum absolute atomic E-state index is 10.8. The first kappa shape index (κ1) is 15.3. The first-order valence-electron chi connectivity index (χ1n) is 7.45. The van der Waals surface area contributed by atoms with Crippen LogP contribution >= 0.6 is 0 Å². The zero-order chi connectivity index (χ0) is 15.2. The van der Waals surface area contributed by atoms with Crippen LogP contribution in [-0.4, -0.2) is 11.1 Å². The van der Waals surface area contributed by atoms with Crippen LogP contribution in [-0.2, 0) is 17.6 Å². The maximum atomic E-state index is 10.8. The van der Waals surface area contributed by atoms with Crippen molar-refractivity contribution >= 4 is 5.97 Å². The Kier molecular flexibility index (Phi) is 5.15. The third-order valence-corrected chi connectivity index (χ3v) is 3.53. The number of aliphatic carboxylic acids is 1. The fraction of sp³-hybridized carbons (Fsp3) is 0.316. The van der Waals surface area contributed by atoms with Crippen molar-refractivity contribution in [3.63, 3.8) is 0 Å².